The summed E-state index contributed by atoms with van der Waals surface area (Å²) in [6, 6.07) is -0.0537. The molecule has 0 aromatic heterocycles. The molecule has 0 aromatic rings. The lowest BCUT2D eigenvalue weighted by Crippen LogP contribution is -2.43. The number of methoxy groups -OCH3 is 1. The molecule has 2 N–H and O–H groups in total. The highest BCUT2D eigenvalue weighted by Gasteiger charge is 2.18. The van der Waals surface area contributed by atoms with Crippen LogP contribution in [0.4, 0.5) is 0 Å². The number of carbonyl (C=O) groups is 1. The monoisotopic (exact) mass is 200 g/mol. The number of nitrogens with zero attached hydrogens (tertiary/aromatic N) is 1. The highest BCUT2D eigenvalue weighted by atomic mass is 16.5. The van der Waals surface area contributed by atoms with Gasteiger partial charge in [-0.1, -0.05) is 6.42 Å². The van der Waals surface area contributed by atoms with Crippen LogP contribution in [0.1, 0.15) is 25.7 Å². The van der Waals surface area contributed by atoms with Crippen LogP contribution in [0.2, 0.25) is 0 Å². The van der Waals surface area contributed by atoms with Crippen molar-refractivity contribution in [3.05, 3.63) is 0 Å². The van der Waals surface area contributed by atoms with Gasteiger partial charge < -0.3 is 15.4 Å². The molecular formula is C10H20N2O2. The molecule has 1 atom stereocenters. The van der Waals surface area contributed by atoms with E-state index in [1.807, 2.05) is 4.90 Å². The van der Waals surface area contributed by atoms with Crippen molar-refractivity contribution >= 4 is 5.91 Å². The fourth-order valence-electron chi connectivity index (χ4n) is 1.78. The summed E-state index contributed by atoms with van der Waals surface area (Å²) in [6.07, 6.45) is 3.96. The number of hydrogen-bond donors (Lipinski definition) is 1. The van der Waals surface area contributed by atoms with Gasteiger partial charge >= 0.3 is 0 Å². The smallest absolute Gasteiger partial charge is 0.222 e. The van der Waals surface area contributed by atoms with E-state index in [0.29, 0.717) is 19.6 Å². The molecular weight excluding hydrogens is 180 g/mol. The van der Waals surface area contributed by atoms with Crippen LogP contribution < -0.4 is 5.73 Å². The van der Waals surface area contributed by atoms with E-state index >= 15 is 0 Å². The topological polar surface area (TPSA) is 55.6 Å². The largest absolute Gasteiger partial charge is 0.383 e. The second kappa shape index (κ2) is 5.98. The molecule has 1 aliphatic rings. The van der Waals surface area contributed by atoms with E-state index in [1.54, 1.807) is 7.11 Å². The number of likely N-dealkylation sites (tertiary alicyclic amines) is 1. The Morgan fingerprint density at radius 1 is 1.50 bits per heavy atom. The van der Waals surface area contributed by atoms with Crippen LogP contribution in [0.3, 0.4) is 0 Å². The maximum atomic E-state index is 11.6. The Bertz CT molecular complexity index is 185. The van der Waals surface area contributed by atoms with Crippen LogP contribution in [-0.2, 0) is 9.53 Å². The summed E-state index contributed by atoms with van der Waals surface area (Å²) in [5.74, 6) is 0.244. The van der Waals surface area contributed by atoms with Crippen LogP contribution >= 0.6 is 0 Å². The van der Waals surface area contributed by atoms with Gasteiger partial charge in [0.25, 0.3) is 0 Å². The summed E-state index contributed by atoms with van der Waals surface area (Å²) >= 11 is 0. The Hall–Kier alpha value is -0.610. The zero-order valence-electron chi connectivity index (χ0n) is 8.87. The molecule has 14 heavy (non-hydrogen) atoms. The van der Waals surface area contributed by atoms with Crippen LogP contribution in [0.5, 0.6) is 0 Å². The quantitative estimate of drug-likeness (QED) is 0.713. The molecule has 1 rings (SSSR count). The second-order valence-electron chi connectivity index (χ2n) is 3.87. The minimum Gasteiger partial charge on any atom is -0.383 e. The first kappa shape index (κ1) is 11.5. The van der Waals surface area contributed by atoms with Crippen molar-refractivity contribution in [2.45, 2.75) is 31.7 Å². The Balaban J connectivity index is 2.36. The van der Waals surface area contributed by atoms with Crippen molar-refractivity contribution in [2.24, 2.45) is 5.73 Å². The molecule has 1 saturated heterocycles. The normalized spacial score (nSPS) is 20.7. The number of hydrogen-bond acceptors (Lipinski definition) is 3. The van der Waals surface area contributed by atoms with Gasteiger partial charge in [-0.05, 0) is 12.8 Å². The maximum Gasteiger partial charge on any atom is 0.222 e. The lowest BCUT2D eigenvalue weighted by Gasteiger charge is -2.23. The van der Waals surface area contributed by atoms with Gasteiger partial charge in [0.2, 0.25) is 5.91 Å². The number of amides is 1. The SMILES string of the molecule is COCC(N)CN1CCCCCC1=O. The molecule has 4 nitrogen and oxygen atoms in total. The molecule has 0 radical (unpaired) electrons. The lowest BCUT2D eigenvalue weighted by molar-refractivity contribution is -0.131. The summed E-state index contributed by atoms with van der Waals surface area (Å²) < 4.78 is 4.95. The molecule has 1 amide bonds. The lowest BCUT2D eigenvalue weighted by atomic mass is 10.2. The van der Waals surface area contributed by atoms with Crippen LogP contribution in [0.25, 0.3) is 0 Å². The number of carbonyl (C=O) groups excluding carboxylic acids is 1. The molecule has 1 fully saturated rings. The molecule has 4 heteroatoms. The van der Waals surface area contributed by atoms with Gasteiger partial charge in [-0.25, -0.2) is 0 Å². The van der Waals surface area contributed by atoms with Gasteiger partial charge in [0.1, 0.15) is 0 Å². The standard InChI is InChI=1S/C10H20N2O2/c1-14-8-9(11)7-12-6-4-2-3-5-10(12)13/h9H,2-8,11H2,1H3. The van der Waals surface area contributed by atoms with Gasteiger partial charge in [-0.15, -0.1) is 0 Å². The van der Waals surface area contributed by atoms with E-state index < -0.39 is 0 Å². The molecule has 1 unspecified atom stereocenters. The minimum atomic E-state index is -0.0537. The Kier molecular flexibility index (Phi) is 4.90. The third-order valence-corrected chi connectivity index (χ3v) is 2.51. The second-order valence-corrected chi connectivity index (χ2v) is 3.87. The van der Waals surface area contributed by atoms with E-state index in [9.17, 15) is 4.79 Å². The number of ether oxygens (including phenoxy) is 1. The molecule has 0 spiro atoms. The van der Waals surface area contributed by atoms with Gasteiger partial charge in [0.05, 0.1) is 6.61 Å². The molecule has 1 aliphatic heterocycles. The van der Waals surface area contributed by atoms with Crippen molar-refractivity contribution in [3.63, 3.8) is 0 Å². The molecule has 0 bridgehead atoms. The predicted molar refractivity (Wildman–Crippen MR) is 54.9 cm³/mol. The van der Waals surface area contributed by atoms with Crippen molar-refractivity contribution in [2.75, 3.05) is 26.8 Å². The summed E-state index contributed by atoms with van der Waals surface area (Å²) in [7, 11) is 1.63. The summed E-state index contributed by atoms with van der Waals surface area (Å²) in [6.45, 7) is 2.01. The molecule has 82 valence electrons. The van der Waals surface area contributed by atoms with Crippen molar-refractivity contribution in [1.82, 2.24) is 4.90 Å². The van der Waals surface area contributed by atoms with E-state index in [2.05, 4.69) is 0 Å². The summed E-state index contributed by atoms with van der Waals surface area (Å²) in [5.41, 5.74) is 5.81. The Morgan fingerprint density at radius 3 is 3.00 bits per heavy atom. The average Bonchev–Trinajstić information content (AvgIpc) is 2.33. The molecule has 0 aromatic carbocycles. The average molecular weight is 200 g/mol. The zero-order valence-corrected chi connectivity index (χ0v) is 8.87. The molecule has 0 aliphatic carbocycles. The third kappa shape index (κ3) is 3.64. The predicted octanol–water partition coefficient (Wildman–Crippen LogP) is 0.363. The van der Waals surface area contributed by atoms with E-state index in [0.717, 1.165) is 25.8 Å². The highest BCUT2D eigenvalue weighted by molar-refractivity contribution is 5.76. The fourth-order valence-corrected chi connectivity index (χ4v) is 1.78. The van der Waals surface area contributed by atoms with Gasteiger partial charge in [0.15, 0.2) is 0 Å². The molecule has 0 saturated carbocycles. The van der Waals surface area contributed by atoms with Crippen molar-refractivity contribution in [1.29, 1.82) is 0 Å². The first-order valence-electron chi connectivity index (χ1n) is 5.26. The Morgan fingerprint density at radius 2 is 2.29 bits per heavy atom. The van der Waals surface area contributed by atoms with Crippen LogP contribution in [0, 0.1) is 0 Å². The zero-order chi connectivity index (χ0) is 10.4. The maximum absolute atomic E-state index is 11.6. The summed E-state index contributed by atoms with van der Waals surface area (Å²) in [5, 5.41) is 0. The first-order chi connectivity index (χ1) is 6.74. The highest BCUT2D eigenvalue weighted by Crippen LogP contribution is 2.11. The van der Waals surface area contributed by atoms with Crippen molar-refractivity contribution in [3.8, 4) is 0 Å². The van der Waals surface area contributed by atoms with Gasteiger partial charge in [-0.2, -0.15) is 0 Å². The van der Waals surface area contributed by atoms with Crippen molar-refractivity contribution < 1.29 is 9.53 Å². The Labute approximate surface area is 85.4 Å². The van der Waals surface area contributed by atoms with Crippen LogP contribution in [-0.4, -0.2) is 43.7 Å². The van der Waals surface area contributed by atoms with E-state index in [1.165, 1.54) is 0 Å². The van der Waals surface area contributed by atoms with E-state index in [4.69, 9.17) is 10.5 Å². The number of rotatable bonds is 4. The third-order valence-electron chi connectivity index (χ3n) is 2.51. The molecule has 1 heterocycles. The summed E-state index contributed by atoms with van der Waals surface area (Å²) in [4.78, 5) is 13.5. The van der Waals surface area contributed by atoms with Crippen LogP contribution in [0.15, 0.2) is 0 Å². The van der Waals surface area contributed by atoms with Gasteiger partial charge in [0, 0.05) is 32.7 Å². The minimum absolute atomic E-state index is 0.0537. The number of nitrogens with two attached hydrogens (primary N) is 1. The van der Waals surface area contributed by atoms with Gasteiger partial charge in [-0.3, -0.25) is 4.79 Å². The first-order valence-corrected chi connectivity index (χ1v) is 5.26. The fraction of sp³-hybridized carbons (Fsp3) is 0.900. The van der Waals surface area contributed by atoms with E-state index in [-0.39, 0.29) is 11.9 Å².